The Hall–Kier alpha value is -3.07. The molecule has 0 spiro atoms. The van der Waals surface area contributed by atoms with Gasteiger partial charge in [-0.1, -0.05) is 12.1 Å². The second-order valence-electron chi connectivity index (χ2n) is 6.27. The van der Waals surface area contributed by atoms with Gasteiger partial charge in [-0.2, -0.15) is 0 Å². The minimum absolute atomic E-state index is 0.0185. The third-order valence-corrected chi connectivity index (χ3v) is 4.54. The summed E-state index contributed by atoms with van der Waals surface area (Å²) < 4.78 is 24.7. The zero-order valence-electron chi connectivity index (χ0n) is 14.7. The average Bonchev–Trinajstić information content (AvgIpc) is 3.13. The zero-order chi connectivity index (χ0) is 18.8. The fourth-order valence-corrected chi connectivity index (χ4v) is 2.95. The Morgan fingerprint density at radius 2 is 2.37 bits per heavy atom. The molecule has 3 aromatic rings. The number of halogens is 1. The molecule has 0 unspecified atom stereocenters. The van der Waals surface area contributed by atoms with Gasteiger partial charge in [0.1, 0.15) is 36.2 Å². The number of aromatic amines is 1. The van der Waals surface area contributed by atoms with Crippen molar-refractivity contribution >= 4 is 17.3 Å². The lowest BCUT2D eigenvalue weighted by molar-refractivity contribution is -0.0330. The number of ether oxygens (including phenoxy) is 2. The summed E-state index contributed by atoms with van der Waals surface area (Å²) in [4.78, 5) is 29.5. The minimum atomic E-state index is -0.470. The summed E-state index contributed by atoms with van der Waals surface area (Å²) >= 11 is 0. The summed E-state index contributed by atoms with van der Waals surface area (Å²) in [5.74, 6) is 0.270. The van der Waals surface area contributed by atoms with Crippen LogP contribution in [0.3, 0.4) is 0 Å². The van der Waals surface area contributed by atoms with Crippen molar-refractivity contribution < 1.29 is 18.7 Å². The number of morpholine rings is 1. The maximum atomic E-state index is 13.6. The molecule has 1 fully saturated rings. The monoisotopic (exact) mass is 371 g/mol. The second-order valence-corrected chi connectivity index (χ2v) is 6.27. The van der Waals surface area contributed by atoms with Crippen LogP contribution >= 0.6 is 0 Å². The lowest BCUT2D eigenvalue weighted by Gasteiger charge is -2.31. The van der Waals surface area contributed by atoms with Crippen molar-refractivity contribution in [3.8, 4) is 0 Å². The number of amides is 1. The van der Waals surface area contributed by atoms with Gasteiger partial charge in [0.05, 0.1) is 19.3 Å². The molecule has 0 aliphatic carbocycles. The van der Waals surface area contributed by atoms with Crippen molar-refractivity contribution in [2.24, 2.45) is 0 Å². The van der Waals surface area contributed by atoms with Gasteiger partial charge in [0.15, 0.2) is 5.65 Å². The molecule has 1 amide bonds. The maximum absolute atomic E-state index is 13.6. The van der Waals surface area contributed by atoms with Crippen molar-refractivity contribution in [3.05, 3.63) is 53.5 Å². The van der Waals surface area contributed by atoms with Gasteiger partial charge in [0.2, 0.25) is 0 Å². The number of carbonyl (C=O) groups is 1. The number of fused-ring (bicyclic) bond motifs is 1. The first-order valence-electron chi connectivity index (χ1n) is 8.54. The highest BCUT2D eigenvalue weighted by Gasteiger charge is 2.28. The Bertz CT molecular complexity index is 944. The molecule has 9 heteroatoms. The first kappa shape index (κ1) is 17.3. The molecule has 4 rings (SSSR count). The number of H-pyrrole nitrogens is 1. The van der Waals surface area contributed by atoms with Crippen LogP contribution in [0.25, 0.3) is 11.2 Å². The number of hydrogen-bond acceptors (Lipinski definition) is 6. The topological polar surface area (TPSA) is 93.2 Å². The maximum Gasteiger partial charge on any atom is 0.410 e. The van der Waals surface area contributed by atoms with Gasteiger partial charge in [0, 0.05) is 6.54 Å². The summed E-state index contributed by atoms with van der Waals surface area (Å²) in [5, 5.41) is 0. The summed E-state index contributed by atoms with van der Waals surface area (Å²) in [5.41, 5.74) is 2.37. The van der Waals surface area contributed by atoms with E-state index in [1.54, 1.807) is 30.2 Å². The van der Waals surface area contributed by atoms with Crippen LogP contribution in [0, 0.1) is 12.7 Å². The Kier molecular flexibility index (Phi) is 4.68. The first-order chi connectivity index (χ1) is 13.1. The third-order valence-electron chi connectivity index (χ3n) is 4.54. The molecule has 3 heterocycles. The standard InChI is InChI=1S/C18H18FN5O3/c1-11-12(3-2-4-13(11)19)9-27-18(25)24-5-6-26-15(8-24)17-22-14-7-20-10-21-16(14)23-17/h2-4,7,10,15H,5-6,8-9H2,1H3,(H,20,21,22,23)/t15-/m0/s1. The van der Waals surface area contributed by atoms with E-state index >= 15 is 0 Å². The lowest BCUT2D eigenvalue weighted by Crippen LogP contribution is -2.42. The van der Waals surface area contributed by atoms with Gasteiger partial charge in [-0.25, -0.2) is 24.1 Å². The van der Waals surface area contributed by atoms with Crippen LogP contribution in [0.4, 0.5) is 9.18 Å². The first-order valence-corrected chi connectivity index (χ1v) is 8.54. The molecule has 140 valence electrons. The van der Waals surface area contributed by atoms with E-state index in [1.165, 1.54) is 12.4 Å². The molecule has 0 bridgehead atoms. The van der Waals surface area contributed by atoms with Gasteiger partial charge in [-0.3, -0.25) is 0 Å². The highest BCUT2D eigenvalue weighted by molar-refractivity contribution is 5.69. The molecule has 1 N–H and O–H groups in total. The summed E-state index contributed by atoms with van der Waals surface area (Å²) in [7, 11) is 0. The number of nitrogens with one attached hydrogen (secondary N) is 1. The van der Waals surface area contributed by atoms with E-state index in [4.69, 9.17) is 9.47 Å². The molecule has 8 nitrogen and oxygen atoms in total. The summed E-state index contributed by atoms with van der Waals surface area (Å²) in [6, 6.07) is 4.72. The highest BCUT2D eigenvalue weighted by atomic mass is 19.1. The van der Waals surface area contributed by atoms with Crippen LogP contribution in [0.1, 0.15) is 23.1 Å². The van der Waals surface area contributed by atoms with Crippen molar-refractivity contribution in [3.63, 3.8) is 0 Å². The molecule has 2 aromatic heterocycles. The smallest absolute Gasteiger partial charge is 0.410 e. The number of benzene rings is 1. The fourth-order valence-electron chi connectivity index (χ4n) is 2.95. The normalized spacial score (nSPS) is 17.3. The molecule has 1 saturated heterocycles. The van der Waals surface area contributed by atoms with Gasteiger partial charge in [-0.05, 0) is 24.1 Å². The zero-order valence-corrected chi connectivity index (χ0v) is 14.7. The van der Waals surface area contributed by atoms with Crippen LogP contribution in [-0.4, -0.2) is 50.6 Å². The Labute approximate surface area is 154 Å². The van der Waals surface area contributed by atoms with Crippen molar-refractivity contribution in [1.82, 2.24) is 24.8 Å². The number of aromatic nitrogens is 4. The molecule has 27 heavy (non-hydrogen) atoms. The SMILES string of the molecule is Cc1c(F)cccc1COC(=O)N1CCO[C@H](c2nc3ncncc3[nH]2)C1. The molecular formula is C18H18FN5O3. The van der Waals surface area contributed by atoms with Crippen LogP contribution in [-0.2, 0) is 16.1 Å². The molecule has 1 aromatic carbocycles. The Morgan fingerprint density at radius 3 is 3.22 bits per heavy atom. The molecule has 0 saturated carbocycles. The number of imidazole rings is 1. The van der Waals surface area contributed by atoms with Gasteiger partial charge < -0.3 is 19.4 Å². The van der Waals surface area contributed by atoms with E-state index in [1.807, 2.05) is 0 Å². The van der Waals surface area contributed by atoms with Crippen LogP contribution in [0.2, 0.25) is 0 Å². The number of rotatable bonds is 3. The fraction of sp³-hybridized carbons (Fsp3) is 0.333. The van der Waals surface area contributed by atoms with E-state index < -0.39 is 12.2 Å². The van der Waals surface area contributed by atoms with Crippen molar-refractivity contribution in [2.45, 2.75) is 19.6 Å². The number of hydrogen-bond donors (Lipinski definition) is 1. The quantitative estimate of drug-likeness (QED) is 0.760. The van der Waals surface area contributed by atoms with E-state index in [2.05, 4.69) is 19.9 Å². The van der Waals surface area contributed by atoms with E-state index in [0.717, 1.165) is 0 Å². The Morgan fingerprint density at radius 1 is 1.48 bits per heavy atom. The van der Waals surface area contributed by atoms with Crippen molar-refractivity contribution in [2.75, 3.05) is 19.7 Å². The predicted octanol–water partition coefficient (Wildman–Crippen LogP) is 2.51. The predicted molar refractivity (Wildman–Crippen MR) is 93.3 cm³/mol. The highest BCUT2D eigenvalue weighted by Crippen LogP contribution is 2.22. The minimum Gasteiger partial charge on any atom is -0.445 e. The number of carbonyl (C=O) groups excluding carboxylic acids is 1. The molecule has 1 atom stereocenters. The van der Waals surface area contributed by atoms with E-state index in [9.17, 15) is 9.18 Å². The van der Waals surface area contributed by atoms with Gasteiger partial charge >= 0.3 is 6.09 Å². The van der Waals surface area contributed by atoms with Crippen LogP contribution in [0.15, 0.2) is 30.7 Å². The van der Waals surface area contributed by atoms with Gasteiger partial charge in [-0.15, -0.1) is 0 Å². The van der Waals surface area contributed by atoms with E-state index in [0.29, 0.717) is 47.8 Å². The molecule has 1 aliphatic rings. The molecule has 0 radical (unpaired) electrons. The summed E-state index contributed by atoms with van der Waals surface area (Å²) in [6.07, 6.45) is 2.18. The largest absolute Gasteiger partial charge is 0.445 e. The average molecular weight is 371 g/mol. The van der Waals surface area contributed by atoms with Crippen LogP contribution in [0.5, 0.6) is 0 Å². The third kappa shape index (κ3) is 3.59. The van der Waals surface area contributed by atoms with Crippen LogP contribution < -0.4 is 0 Å². The summed E-state index contributed by atoms with van der Waals surface area (Å²) in [6.45, 7) is 2.76. The van der Waals surface area contributed by atoms with Gasteiger partial charge in [0.25, 0.3) is 0 Å². The number of nitrogens with zero attached hydrogens (tertiary/aromatic N) is 4. The van der Waals surface area contributed by atoms with E-state index in [-0.39, 0.29) is 12.4 Å². The second kappa shape index (κ2) is 7.28. The lowest BCUT2D eigenvalue weighted by atomic mass is 10.1. The van der Waals surface area contributed by atoms with Crippen molar-refractivity contribution in [1.29, 1.82) is 0 Å². The Balaban J connectivity index is 1.41. The molecule has 1 aliphatic heterocycles. The molecular weight excluding hydrogens is 353 g/mol.